The number of fused-ring (bicyclic) bond motifs is 2. The van der Waals surface area contributed by atoms with Gasteiger partial charge in [0.15, 0.2) is 5.69 Å². The monoisotopic (exact) mass is 419 g/mol. The minimum absolute atomic E-state index is 0.0133. The molecule has 0 radical (unpaired) electrons. The van der Waals surface area contributed by atoms with Gasteiger partial charge in [0, 0.05) is 45.4 Å². The number of rotatable bonds is 6. The zero-order chi connectivity index (χ0) is 20.6. The Labute approximate surface area is 167 Å². The molecule has 1 amide bonds. The number of carbonyl (C=O) groups excluding carboxylic acids is 1. The van der Waals surface area contributed by atoms with Crippen molar-refractivity contribution in [2.75, 3.05) is 37.8 Å². The summed E-state index contributed by atoms with van der Waals surface area (Å²) in [5.41, 5.74) is 1.60. The van der Waals surface area contributed by atoms with Crippen LogP contribution in [0.15, 0.2) is 23.1 Å². The molecule has 1 aliphatic rings. The molecule has 0 saturated heterocycles. The summed E-state index contributed by atoms with van der Waals surface area (Å²) in [4.78, 5) is 26.3. The van der Waals surface area contributed by atoms with E-state index in [9.17, 15) is 13.2 Å². The number of aromatic amines is 1. The van der Waals surface area contributed by atoms with E-state index < -0.39 is 15.9 Å². The number of anilines is 1. The number of sulfonamides is 1. The van der Waals surface area contributed by atoms with E-state index in [-0.39, 0.29) is 18.0 Å². The SMILES string of the molecule is CN(C)S(=O)(=O)CCNC(=O)c1noc2c1CN(c1ncnc3[nH]ccc13)CC2. The molecule has 0 fully saturated rings. The van der Waals surface area contributed by atoms with Crippen molar-refractivity contribution in [1.82, 2.24) is 29.7 Å². The Balaban J connectivity index is 1.50. The van der Waals surface area contributed by atoms with Gasteiger partial charge in [0.05, 0.1) is 17.7 Å². The van der Waals surface area contributed by atoms with Crippen LogP contribution in [0.5, 0.6) is 0 Å². The van der Waals surface area contributed by atoms with Gasteiger partial charge in [-0.2, -0.15) is 0 Å². The van der Waals surface area contributed by atoms with Gasteiger partial charge in [-0.3, -0.25) is 4.79 Å². The lowest BCUT2D eigenvalue weighted by Crippen LogP contribution is -2.35. The first-order chi connectivity index (χ1) is 13.9. The van der Waals surface area contributed by atoms with Gasteiger partial charge in [-0.25, -0.2) is 22.7 Å². The van der Waals surface area contributed by atoms with Crippen LogP contribution in [0.2, 0.25) is 0 Å². The molecule has 3 aromatic heterocycles. The third kappa shape index (κ3) is 3.68. The summed E-state index contributed by atoms with van der Waals surface area (Å²) in [6, 6.07) is 1.91. The Kier molecular flexibility index (Phi) is 4.96. The minimum atomic E-state index is -3.39. The van der Waals surface area contributed by atoms with Crippen LogP contribution >= 0.6 is 0 Å². The van der Waals surface area contributed by atoms with Gasteiger partial charge in [0.1, 0.15) is 23.6 Å². The molecule has 0 spiro atoms. The lowest BCUT2D eigenvalue weighted by molar-refractivity contribution is 0.0946. The summed E-state index contributed by atoms with van der Waals surface area (Å²) in [5, 5.41) is 7.42. The second-order valence-corrected chi connectivity index (χ2v) is 9.20. The highest BCUT2D eigenvalue weighted by Gasteiger charge is 2.29. The van der Waals surface area contributed by atoms with Crippen molar-refractivity contribution in [3.63, 3.8) is 0 Å². The Morgan fingerprint density at radius 2 is 2.21 bits per heavy atom. The van der Waals surface area contributed by atoms with E-state index >= 15 is 0 Å². The van der Waals surface area contributed by atoms with Crippen molar-refractivity contribution >= 4 is 32.8 Å². The highest BCUT2D eigenvalue weighted by atomic mass is 32.2. The summed E-state index contributed by atoms with van der Waals surface area (Å²) >= 11 is 0. The Bertz CT molecular complexity index is 1150. The molecule has 0 saturated carbocycles. The number of nitrogens with one attached hydrogen (secondary N) is 2. The smallest absolute Gasteiger partial charge is 0.273 e. The average molecular weight is 419 g/mol. The maximum Gasteiger partial charge on any atom is 0.273 e. The Hall–Kier alpha value is -2.99. The van der Waals surface area contributed by atoms with Crippen LogP contribution in [0.1, 0.15) is 21.8 Å². The fourth-order valence-corrected chi connectivity index (χ4v) is 3.96. The maximum absolute atomic E-state index is 12.6. The van der Waals surface area contributed by atoms with Crippen LogP contribution in [0, 0.1) is 0 Å². The molecule has 29 heavy (non-hydrogen) atoms. The molecular weight excluding hydrogens is 398 g/mol. The molecule has 0 aliphatic carbocycles. The van der Waals surface area contributed by atoms with Gasteiger partial charge in [-0.1, -0.05) is 5.16 Å². The largest absolute Gasteiger partial charge is 0.360 e. The van der Waals surface area contributed by atoms with Crippen molar-refractivity contribution < 1.29 is 17.7 Å². The number of amides is 1. The van der Waals surface area contributed by atoms with Gasteiger partial charge in [-0.05, 0) is 6.07 Å². The predicted molar refractivity (Wildman–Crippen MR) is 105 cm³/mol. The van der Waals surface area contributed by atoms with Crippen molar-refractivity contribution in [2.24, 2.45) is 0 Å². The highest BCUT2D eigenvalue weighted by molar-refractivity contribution is 7.89. The number of H-pyrrole nitrogens is 1. The standard InChI is InChI=1S/C17H21N7O4S/c1-23(2)29(26,27)8-6-19-17(25)14-12-9-24(7-4-13(12)28-22-14)16-11-3-5-18-15(11)20-10-21-16/h3,5,10H,4,6-9H2,1-2H3,(H,19,25)(H,18,20,21). The average Bonchev–Trinajstić information content (AvgIpc) is 3.33. The summed E-state index contributed by atoms with van der Waals surface area (Å²) in [6.45, 7) is 1.07. The highest BCUT2D eigenvalue weighted by Crippen LogP contribution is 2.29. The number of aromatic nitrogens is 4. The van der Waals surface area contributed by atoms with Crippen LogP contribution in [0.25, 0.3) is 11.0 Å². The summed E-state index contributed by atoms with van der Waals surface area (Å²) in [5.74, 6) is 0.781. The third-order valence-corrected chi connectivity index (χ3v) is 6.71. The lowest BCUT2D eigenvalue weighted by Gasteiger charge is -2.27. The Morgan fingerprint density at radius 3 is 3.00 bits per heavy atom. The van der Waals surface area contributed by atoms with E-state index in [2.05, 4.69) is 25.4 Å². The molecule has 154 valence electrons. The number of nitrogens with zero attached hydrogens (tertiary/aromatic N) is 5. The molecular formula is C17H21N7O4S. The van der Waals surface area contributed by atoms with Crippen molar-refractivity contribution in [3.05, 3.63) is 35.6 Å². The first kappa shape index (κ1) is 19.3. The molecule has 4 rings (SSSR count). The molecule has 12 heteroatoms. The van der Waals surface area contributed by atoms with Crippen molar-refractivity contribution in [3.8, 4) is 0 Å². The molecule has 0 bridgehead atoms. The summed E-state index contributed by atoms with van der Waals surface area (Å²) < 4.78 is 30.1. The molecule has 1 aliphatic heterocycles. The predicted octanol–water partition coefficient (Wildman–Crippen LogP) is 0.130. The van der Waals surface area contributed by atoms with Crippen LogP contribution in [-0.4, -0.2) is 71.7 Å². The van der Waals surface area contributed by atoms with Crippen molar-refractivity contribution in [1.29, 1.82) is 0 Å². The molecule has 11 nitrogen and oxygen atoms in total. The van der Waals surface area contributed by atoms with Crippen LogP contribution < -0.4 is 10.2 Å². The van der Waals surface area contributed by atoms with E-state index in [4.69, 9.17) is 4.52 Å². The van der Waals surface area contributed by atoms with Gasteiger partial charge >= 0.3 is 0 Å². The molecule has 4 heterocycles. The van der Waals surface area contributed by atoms with E-state index in [1.54, 1.807) is 6.20 Å². The first-order valence-corrected chi connectivity index (χ1v) is 10.7. The molecule has 0 aromatic carbocycles. The summed E-state index contributed by atoms with van der Waals surface area (Å²) in [6.07, 6.45) is 3.88. The van der Waals surface area contributed by atoms with E-state index in [1.165, 1.54) is 20.4 Å². The third-order valence-electron chi connectivity index (χ3n) is 4.88. The number of hydrogen-bond donors (Lipinski definition) is 2. The Morgan fingerprint density at radius 1 is 1.38 bits per heavy atom. The molecule has 2 N–H and O–H groups in total. The normalized spacial score (nSPS) is 14.4. The number of carbonyl (C=O) groups is 1. The first-order valence-electron chi connectivity index (χ1n) is 9.05. The van der Waals surface area contributed by atoms with Gasteiger partial charge < -0.3 is 19.7 Å². The van der Waals surface area contributed by atoms with Gasteiger partial charge in [-0.15, -0.1) is 0 Å². The lowest BCUT2D eigenvalue weighted by atomic mass is 10.1. The minimum Gasteiger partial charge on any atom is -0.360 e. The topological polar surface area (TPSA) is 137 Å². The zero-order valence-electron chi connectivity index (χ0n) is 16.0. The zero-order valence-corrected chi connectivity index (χ0v) is 16.9. The second-order valence-electron chi connectivity index (χ2n) is 6.90. The van der Waals surface area contributed by atoms with Crippen LogP contribution in [-0.2, 0) is 23.0 Å². The van der Waals surface area contributed by atoms with Crippen LogP contribution in [0.3, 0.4) is 0 Å². The van der Waals surface area contributed by atoms with Gasteiger partial charge in [0.25, 0.3) is 5.91 Å². The fourth-order valence-electron chi connectivity index (χ4n) is 3.24. The molecule has 0 atom stereocenters. The molecule has 0 unspecified atom stereocenters. The quantitative estimate of drug-likeness (QED) is 0.575. The van der Waals surface area contributed by atoms with Gasteiger partial charge in [0.2, 0.25) is 10.0 Å². The van der Waals surface area contributed by atoms with E-state index in [0.29, 0.717) is 30.8 Å². The number of hydrogen-bond acceptors (Lipinski definition) is 8. The summed E-state index contributed by atoms with van der Waals surface area (Å²) in [7, 11) is -0.485. The second kappa shape index (κ2) is 7.44. The molecule has 3 aromatic rings. The van der Waals surface area contributed by atoms with Crippen molar-refractivity contribution in [2.45, 2.75) is 13.0 Å². The van der Waals surface area contributed by atoms with E-state index in [0.717, 1.165) is 21.2 Å². The van der Waals surface area contributed by atoms with E-state index in [1.807, 2.05) is 11.0 Å². The van der Waals surface area contributed by atoms with Crippen LogP contribution in [0.4, 0.5) is 5.82 Å². The fraction of sp³-hybridized carbons (Fsp3) is 0.412. The maximum atomic E-state index is 12.6.